The normalized spacial score (nSPS) is 10.8. The molecule has 0 aromatic heterocycles. The molecule has 1 rings (SSSR count). The Morgan fingerprint density at radius 3 is 2.59 bits per heavy atom. The molecule has 3 heteroatoms. The molecule has 0 spiro atoms. The van der Waals surface area contributed by atoms with Gasteiger partial charge in [-0.05, 0) is 32.9 Å². The number of phenols is 1. The topological polar surface area (TPSA) is 40.5 Å². The third kappa shape index (κ3) is 3.63. The molecule has 1 aromatic carbocycles. The summed E-state index contributed by atoms with van der Waals surface area (Å²) in [4.78, 5) is 13.9. The number of aromatic hydroxyl groups is 1. The second kappa shape index (κ2) is 6.09. The molecule has 0 unspecified atom stereocenters. The number of aryl methyl sites for hydroxylation is 1. The van der Waals surface area contributed by atoms with Crippen LogP contribution in [-0.2, 0) is 0 Å². The SMILES string of the molecule is CCN(C=CC(=O)c1cc(C)ccc1O)CC. The Kier molecular flexibility index (Phi) is 4.76. The molecule has 0 atom stereocenters. The lowest BCUT2D eigenvalue weighted by Gasteiger charge is -2.14. The Labute approximate surface area is 102 Å². The van der Waals surface area contributed by atoms with Crippen LogP contribution in [0.1, 0.15) is 29.8 Å². The highest BCUT2D eigenvalue weighted by molar-refractivity contribution is 6.06. The largest absolute Gasteiger partial charge is 0.507 e. The van der Waals surface area contributed by atoms with Crippen LogP contribution in [0.5, 0.6) is 5.75 Å². The van der Waals surface area contributed by atoms with Gasteiger partial charge in [-0.15, -0.1) is 0 Å². The van der Waals surface area contributed by atoms with E-state index in [0.717, 1.165) is 18.7 Å². The zero-order valence-corrected chi connectivity index (χ0v) is 10.6. The number of rotatable bonds is 5. The van der Waals surface area contributed by atoms with E-state index in [1.54, 1.807) is 24.4 Å². The molecule has 0 amide bonds. The number of nitrogens with zero attached hydrogens (tertiary/aromatic N) is 1. The van der Waals surface area contributed by atoms with Crippen LogP contribution in [0.2, 0.25) is 0 Å². The van der Waals surface area contributed by atoms with Gasteiger partial charge in [-0.3, -0.25) is 4.79 Å². The Bertz CT molecular complexity index is 420. The maximum atomic E-state index is 11.9. The molecule has 0 aliphatic carbocycles. The first kappa shape index (κ1) is 13.3. The first-order valence-corrected chi connectivity index (χ1v) is 5.84. The lowest BCUT2D eigenvalue weighted by Crippen LogP contribution is -2.15. The zero-order valence-electron chi connectivity index (χ0n) is 10.6. The highest BCUT2D eigenvalue weighted by atomic mass is 16.3. The summed E-state index contributed by atoms with van der Waals surface area (Å²) in [7, 11) is 0. The minimum absolute atomic E-state index is 0.0322. The average molecular weight is 233 g/mol. The number of benzene rings is 1. The molecule has 0 saturated heterocycles. The standard InChI is InChI=1S/C14H19NO2/c1-4-15(5-2)9-8-14(17)12-10-11(3)6-7-13(12)16/h6-10,16H,4-5H2,1-3H3. The molecule has 0 radical (unpaired) electrons. The fourth-order valence-corrected chi connectivity index (χ4v) is 1.54. The summed E-state index contributed by atoms with van der Waals surface area (Å²) in [6.45, 7) is 7.68. The van der Waals surface area contributed by atoms with Crippen molar-refractivity contribution < 1.29 is 9.90 Å². The molecule has 17 heavy (non-hydrogen) atoms. The van der Waals surface area contributed by atoms with E-state index in [1.807, 2.05) is 25.7 Å². The maximum Gasteiger partial charge on any atom is 0.191 e. The van der Waals surface area contributed by atoms with Gasteiger partial charge in [0.15, 0.2) is 5.78 Å². The minimum Gasteiger partial charge on any atom is -0.507 e. The summed E-state index contributed by atoms with van der Waals surface area (Å²) >= 11 is 0. The van der Waals surface area contributed by atoms with Crippen LogP contribution >= 0.6 is 0 Å². The maximum absolute atomic E-state index is 11.9. The Balaban J connectivity index is 2.86. The van der Waals surface area contributed by atoms with E-state index < -0.39 is 0 Å². The van der Waals surface area contributed by atoms with Crippen LogP contribution in [0.25, 0.3) is 0 Å². The lowest BCUT2D eigenvalue weighted by atomic mass is 10.1. The summed E-state index contributed by atoms with van der Waals surface area (Å²) in [5.74, 6) is -0.136. The molecular weight excluding hydrogens is 214 g/mol. The smallest absolute Gasteiger partial charge is 0.191 e. The monoisotopic (exact) mass is 233 g/mol. The number of carbonyl (C=O) groups is 1. The molecule has 0 heterocycles. The van der Waals surface area contributed by atoms with E-state index in [0.29, 0.717) is 5.56 Å². The first-order chi connectivity index (χ1) is 8.08. The van der Waals surface area contributed by atoms with Crippen LogP contribution in [0.15, 0.2) is 30.5 Å². The van der Waals surface area contributed by atoms with Crippen LogP contribution in [-0.4, -0.2) is 28.9 Å². The molecule has 1 aromatic rings. The third-order valence-corrected chi connectivity index (χ3v) is 2.67. The van der Waals surface area contributed by atoms with Crippen molar-refractivity contribution in [1.29, 1.82) is 0 Å². The van der Waals surface area contributed by atoms with Crippen LogP contribution < -0.4 is 0 Å². The van der Waals surface area contributed by atoms with Crippen molar-refractivity contribution in [3.8, 4) is 5.75 Å². The van der Waals surface area contributed by atoms with Crippen molar-refractivity contribution in [1.82, 2.24) is 4.90 Å². The summed E-state index contributed by atoms with van der Waals surface area (Å²) in [5.41, 5.74) is 1.32. The number of ketones is 1. The van der Waals surface area contributed by atoms with Crippen molar-refractivity contribution in [2.24, 2.45) is 0 Å². The van der Waals surface area contributed by atoms with E-state index in [-0.39, 0.29) is 11.5 Å². The molecule has 92 valence electrons. The zero-order chi connectivity index (χ0) is 12.8. The fraction of sp³-hybridized carbons (Fsp3) is 0.357. The number of carbonyl (C=O) groups excluding carboxylic acids is 1. The van der Waals surface area contributed by atoms with Gasteiger partial charge < -0.3 is 10.0 Å². The second-order valence-corrected chi connectivity index (χ2v) is 3.92. The van der Waals surface area contributed by atoms with Gasteiger partial charge in [0.05, 0.1) is 5.56 Å². The van der Waals surface area contributed by atoms with Gasteiger partial charge in [0.25, 0.3) is 0 Å². The average Bonchev–Trinajstić information content (AvgIpc) is 2.33. The fourth-order valence-electron chi connectivity index (χ4n) is 1.54. The quantitative estimate of drug-likeness (QED) is 0.628. The number of hydrogen-bond donors (Lipinski definition) is 1. The third-order valence-electron chi connectivity index (χ3n) is 2.67. The predicted molar refractivity (Wildman–Crippen MR) is 69.2 cm³/mol. The lowest BCUT2D eigenvalue weighted by molar-refractivity contribution is 0.104. The Morgan fingerprint density at radius 2 is 2.00 bits per heavy atom. The van der Waals surface area contributed by atoms with E-state index >= 15 is 0 Å². The number of phenolic OH excluding ortho intramolecular Hbond substituents is 1. The van der Waals surface area contributed by atoms with Crippen molar-refractivity contribution in [3.05, 3.63) is 41.6 Å². The van der Waals surface area contributed by atoms with Gasteiger partial charge in [0.1, 0.15) is 5.75 Å². The molecule has 0 bridgehead atoms. The molecular formula is C14H19NO2. The number of allylic oxidation sites excluding steroid dienone is 1. The second-order valence-electron chi connectivity index (χ2n) is 3.92. The first-order valence-electron chi connectivity index (χ1n) is 5.84. The van der Waals surface area contributed by atoms with Crippen LogP contribution in [0.3, 0.4) is 0 Å². The molecule has 3 nitrogen and oxygen atoms in total. The van der Waals surface area contributed by atoms with Gasteiger partial charge in [-0.25, -0.2) is 0 Å². The van der Waals surface area contributed by atoms with Gasteiger partial charge in [-0.1, -0.05) is 11.6 Å². The summed E-state index contributed by atoms with van der Waals surface area (Å²) in [6.07, 6.45) is 3.27. The van der Waals surface area contributed by atoms with Crippen molar-refractivity contribution in [3.63, 3.8) is 0 Å². The number of hydrogen-bond acceptors (Lipinski definition) is 3. The minimum atomic E-state index is -0.168. The highest BCUT2D eigenvalue weighted by Gasteiger charge is 2.08. The summed E-state index contributed by atoms with van der Waals surface area (Å²) < 4.78 is 0. The predicted octanol–water partition coefficient (Wildman–Crippen LogP) is 2.74. The summed E-state index contributed by atoms with van der Waals surface area (Å²) in [5, 5.41) is 9.62. The van der Waals surface area contributed by atoms with Gasteiger partial charge in [0, 0.05) is 25.4 Å². The Hall–Kier alpha value is -1.77. The Morgan fingerprint density at radius 1 is 1.35 bits per heavy atom. The van der Waals surface area contributed by atoms with Crippen LogP contribution in [0, 0.1) is 6.92 Å². The molecule has 0 aliphatic rings. The van der Waals surface area contributed by atoms with Crippen molar-refractivity contribution in [2.75, 3.05) is 13.1 Å². The molecule has 0 saturated carbocycles. The van der Waals surface area contributed by atoms with Crippen molar-refractivity contribution >= 4 is 5.78 Å². The van der Waals surface area contributed by atoms with Gasteiger partial charge in [0.2, 0.25) is 0 Å². The van der Waals surface area contributed by atoms with E-state index in [9.17, 15) is 9.90 Å². The van der Waals surface area contributed by atoms with E-state index in [4.69, 9.17) is 0 Å². The van der Waals surface area contributed by atoms with Gasteiger partial charge in [-0.2, -0.15) is 0 Å². The van der Waals surface area contributed by atoms with E-state index in [1.165, 1.54) is 6.08 Å². The van der Waals surface area contributed by atoms with Crippen molar-refractivity contribution in [2.45, 2.75) is 20.8 Å². The van der Waals surface area contributed by atoms with Gasteiger partial charge >= 0.3 is 0 Å². The molecule has 0 fully saturated rings. The van der Waals surface area contributed by atoms with E-state index in [2.05, 4.69) is 0 Å². The molecule has 0 aliphatic heterocycles. The van der Waals surface area contributed by atoms with Crippen LogP contribution in [0.4, 0.5) is 0 Å². The highest BCUT2D eigenvalue weighted by Crippen LogP contribution is 2.19. The molecule has 1 N–H and O–H groups in total. The summed E-state index contributed by atoms with van der Waals surface area (Å²) in [6, 6.07) is 5.03.